The summed E-state index contributed by atoms with van der Waals surface area (Å²) in [5.74, 6) is 0.162. The van der Waals surface area contributed by atoms with Gasteiger partial charge in [-0.3, -0.25) is 9.69 Å². The van der Waals surface area contributed by atoms with E-state index in [1.54, 1.807) is 0 Å². The van der Waals surface area contributed by atoms with E-state index in [1.165, 1.54) is 12.8 Å². The Bertz CT molecular complexity index is 313. The summed E-state index contributed by atoms with van der Waals surface area (Å²) >= 11 is 0. The molecule has 2 rings (SSSR count). The van der Waals surface area contributed by atoms with E-state index >= 15 is 0 Å². The monoisotopic (exact) mass is 268 g/mol. The number of likely N-dealkylation sites (tertiary alicyclic amines) is 1. The zero-order chi connectivity index (χ0) is 13.9. The lowest BCUT2D eigenvalue weighted by Crippen LogP contribution is -2.60. The van der Waals surface area contributed by atoms with Crippen LogP contribution < -0.4 is 10.6 Å². The van der Waals surface area contributed by atoms with E-state index in [0.29, 0.717) is 6.04 Å². The summed E-state index contributed by atoms with van der Waals surface area (Å²) in [5.41, 5.74) is -0.403. The molecular weight excluding hydrogens is 240 g/mol. The van der Waals surface area contributed by atoms with Crippen LogP contribution in [0.4, 0.5) is 0 Å². The summed E-state index contributed by atoms with van der Waals surface area (Å²) in [6.45, 7) is 9.85. The third kappa shape index (κ3) is 3.46. The van der Waals surface area contributed by atoms with Crippen LogP contribution >= 0.6 is 0 Å². The van der Waals surface area contributed by atoms with Crippen LogP contribution in [0, 0.1) is 0 Å². The molecule has 2 aliphatic rings. The van der Waals surface area contributed by atoms with Gasteiger partial charge in [0, 0.05) is 38.8 Å². The molecule has 110 valence electrons. The van der Waals surface area contributed by atoms with Gasteiger partial charge in [0.25, 0.3) is 0 Å². The predicted molar refractivity (Wildman–Crippen MR) is 77.2 cm³/mol. The van der Waals surface area contributed by atoms with E-state index in [9.17, 15) is 4.79 Å². The summed E-state index contributed by atoms with van der Waals surface area (Å²) < 4.78 is 0. The molecule has 2 fully saturated rings. The number of piperazine rings is 1. The average molecular weight is 268 g/mol. The highest BCUT2D eigenvalue weighted by atomic mass is 16.2. The van der Waals surface area contributed by atoms with Gasteiger partial charge in [0.15, 0.2) is 0 Å². The molecule has 2 saturated heterocycles. The van der Waals surface area contributed by atoms with E-state index in [-0.39, 0.29) is 5.91 Å². The van der Waals surface area contributed by atoms with Gasteiger partial charge >= 0.3 is 0 Å². The zero-order valence-corrected chi connectivity index (χ0v) is 12.5. The van der Waals surface area contributed by atoms with Crippen LogP contribution in [0.15, 0.2) is 0 Å². The fraction of sp³-hybridized carbons (Fsp3) is 0.929. The first kappa shape index (κ1) is 14.8. The van der Waals surface area contributed by atoms with Gasteiger partial charge in [-0.05, 0) is 40.3 Å². The van der Waals surface area contributed by atoms with Crippen LogP contribution in [0.3, 0.4) is 0 Å². The summed E-state index contributed by atoms with van der Waals surface area (Å²) in [5, 5.41) is 6.48. The van der Waals surface area contributed by atoms with Gasteiger partial charge in [-0.1, -0.05) is 0 Å². The molecule has 2 N–H and O–H groups in total. The van der Waals surface area contributed by atoms with Crippen molar-refractivity contribution < 1.29 is 4.79 Å². The Kier molecular flexibility index (Phi) is 4.81. The van der Waals surface area contributed by atoms with Gasteiger partial charge < -0.3 is 15.5 Å². The SMILES string of the molecule is CN1CCCC1CNC(=O)C(C)(C)N1CCNCC1. The van der Waals surface area contributed by atoms with Crippen molar-refractivity contribution in [3.63, 3.8) is 0 Å². The van der Waals surface area contributed by atoms with E-state index in [2.05, 4.69) is 27.5 Å². The highest BCUT2D eigenvalue weighted by Gasteiger charge is 2.35. The molecule has 5 nitrogen and oxygen atoms in total. The molecule has 0 aliphatic carbocycles. The number of nitrogens with zero attached hydrogens (tertiary/aromatic N) is 2. The molecule has 2 heterocycles. The summed E-state index contributed by atoms with van der Waals surface area (Å²) in [7, 11) is 2.14. The molecule has 5 heteroatoms. The minimum absolute atomic E-state index is 0.162. The lowest BCUT2D eigenvalue weighted by atomic mass is 10.00. The fourth-order valence-corrected chi connectivity index (χ4v) is 3.03. The minimum atomic E-state index is -0.403. The summed E-state index contributed by atoms with van der Waals surface area (Å²) in [6.07, 6.45) is 2.45. The first-order chi connectivity index (χ1) is 9.01. The maximum Gasteiger partial charge on any atom is 0.240 e. The lowest BCUT2D eigenvalue weighted by Gasteiger charge is -2.40. The summed E-state index contributed by atoms with van der Waals surface area (Å²) in [4.78, 5) is 17.1. The molecule has 1 atom stereocenters. The Morgan fingerprint density at radius 3 is 2.58 bits per heavy atom. The largest absolute Gasteiger partial charge is 0.353 e. The molecule has 2 aliphatic heterocycles. The van der Waals surface area contributed by atoms with Crippen LogP contribution in [-0.4, -0.2) is 73.6 Å². The van der Waals surface area contributed by atoms with Gasteiger partial charge in [0.1, 0.15) is 0 Å². The van der Waals surface area contributed by atoms with Gasteiger partial charge in [-0.25, -0.2) is 0 Å². The molecule has 0 aromatic carbocycles. The molecule has 0 aromatic rings. The number of carbonyl (C=O) groups is 1. The van der Waals surface area contributed by atoms with Crippen molar-refractivity contribution in [1.29, 1.82) is 0 Å². The number of hydrogen-bond acceptors (Lipinski definition) is 4. The van der Waals surface area contributed by atoms with Crippen LogP contribution in [0.1, 0.15) is 26.7 Å². The van der Waals surface area contributed by atoms with Gasteiger partial charge in [0.05, 0.1) is 5.54 Å². The number of rotatable bonds is 4. The number of hydrogen-bond donors (Lipinski definition) is 2. The molecule has 19 heavy (non-hydrogen) atoms. The van der Waals surface area contributed by atoms with Gasteiger partial charge in [0.2, 0.25) is 5.91 Å². The normalized spacial score (nSPS) is 26.6. The number of carbonyl (C=O) groups excluding carboxylic acids is 1. The molecule has 0 spiro atoms. The fourth-order valence-electron chi connectivity index (χ4n) is 3.03. The number of likely N-dealkylation sites (N-methyl/N-ethyl adjacent to an activating group) is 1. The van der Waals surface area contributed by atoms with Crippen molar-refractivity contribution in [2.75, 3.05) is 46.3 Å². The number of amides is 1. The topological polar surface area (TPSA) is 47.6 Å². The zero-order valence-electron chi connectivity index (χ0n) is 12.5. The van der Waals surface area contributed by atoms with Crippen LogP contribution in [0.25, 0.3) is 0 Å². The highest BCUT2D eigenvalue weighted by Crippen LogP contribution is 2.17. The quantitative estimate of drug-likeness (QED) is 0.746. The smallest absolute Gasteiger partial charge is 0.240 e. The molecular formula is C14H28N4O. The van der Waals surface area contributed by atoms with Crippen LogP contribution in [-0.2, 0) is 4.79 Å². The van der Waals surface area contributed by atoms with E-state index in [0.717, 1.165) is 39.3 Å². The predicted octanol–water partition coefficient (Wildman–Crippen LogP) is -0.119. The Labute approximate surface area is 116 Å². The maximum absolute atomic E-state index is 12.4. The van der Waals surface area contributed by atoms with Crippen molar-refractivity contribution in [3.8, 4) is 0 Å². The maximum atomic E-state index is 12.4. The van der Waals surface area contributed by atoms with Gasteiger partial charge in [-0.15, -0.1) is 0 Å². The van der Waals surface area contributed by atoms with E-state index in [1.807, 2.05) is 13.8 Å². The highest BCUT2D eigenvalue weighted by molar-refractivity contribution is 5.85. The molecule has 1 unspecified atom stereocenters. The standard InChI is InChI=1S/C14H28N4O/c1-14(2,18-9-6-15-7-10-18)13(19)16-11-12-5-4-8-17(12)3/h12,15H,4-11H2,1-3H3,(H,16,19). The molecule has 1 amide bonds. The third-order valence-electron chi connectivity index (χ3n) is 4.63. The van der Waals surface area contributed by atoms with Crippen molar-refractivity contribution >= 4 is 5.91 Å². The Hall–Kier alpha value is -0.650. The van der Waals surface area contributed by atoms with Crippen molar-refractivity contribution in [2.24, 2.45) is 0 Å². The Morgan fingerprint density at radius 1 is 1.32 bits per heavy atom. The van der Waals surface area contributed by atoms with Crippen molar-refractivity contribution in [1.82, 2.24) is 20.4 Å². The van der Waals surface area contributed by atoms with E-state index in [4.69, 9.17) is 0 Å². The van der Waals surface area contributed by atoms with Crippen LogP contribution in [0.5, 0.6) is 0 Å². The van der Waals surface area contributed by atoms with Gasteiger partial charge in [-0.2, -0.15) is 0 Å². The first-order valence-corrected chi connectivity index (χ1v) is 7.46. The second-order valence-electron chi connectivity index (χ2n) is 6.28. The van der Waals surface area contributed by atoms with E-state index < -0.39 is 5.54 Å². The molecule has 0 radical (unpaired) electrons. The Morgan fingerprint density at radius 2 is 2.00 bits per heavy atom. The first-order valence-electron chi connectivity index (χ1n) is 7.46. The lowest BCUT2D eigenvalue weighted by molar-refractivity contribution is -0.132. The van der Waals surface area contributed by atoms with Crippen molar-refractivity contribution in [2.45, 2.75) is 38.3 Å². The minimum Gasteiger partial charge on any atom is -0.353 e. The second kappa shape index (κ2) is 6.20. The summed E-state index contributed by atoms with van der Waals surface area (Å²) in [6, 6.07) is 0.516. The molecule has 0 aromatic heterocycles. The third-order valence-corrected chi connectivity index (χ3v) is 4.63. The number of nitrogens with one attached hydrogen (secondary N) is 2. The van der Waals surface area contributed by atoms with Crippen molar-refractivity contribution in [3.05, 3.63) is 0 Å². The molecule has 0 bridgehead atoms. The average Bonchev–Trinajstić information content (AvgIpc) is 2.82. The van der Waals surface area contributed by atoms with Crippen LogP contribution in [0.2, 0.25) is 0 Å². The second-order valence-corrected chi connectivity index (χ2v) is 6.28. The Balaban J connectivity index is 1.83. The molecule has 0 saturated carbocycles.